The Morgan fingerprint density at radius 2 is 1.97 bits per heavy atom. The molecule has 0 aromatic rings. The summed E-state index contributed by atoms with van der Waals surface area (Å²) in [6.07, 6.45) is 14.7. The summed E-state index contributed by atoms with van der Waals surface area (Å²) in [4.78, 5) is 0. The van der Waals surface area contributed by atoms with Crippen molar-refractivity contribution in [2.45, 2.75) is 111 Å². The maximum Gasteiger partial charge on any atom is 0.0591 e. The Kier molecular flexibility index (Phi) is 6.01. The van der Waals surface area contributed by atoms with Crippen LogP contribution < -0.4 is 0 Å². The molecule has 2 N–H and O–H groups in total. The molecule has 2 heteroatoms. The highest BCUT2D eigenvalue weighted by Crippen LogP contribution is 2.65. The molecular weight excluding hydrogens is 356 g/mol. The van der Waals surface area contributed by atoms with Crippen molar-refractivity contribution in [1.29, 1.82) is 0 Å². The molecule has 0 spiro atoms. The van der Waals surface area contributed by atoms with E-state index in [1.807, 2.05) is 13.8 Å². The summed E-state index contributed by atoms with van der Waals surface area (Å²) in [6.45, 7) is 11.4. The largest absolute Gasteiger partial charge is 0.393 e. The molecule has 5 unspecified atom stereocenters. The zero-order chi connectivity index (χ0) is 21.0. The second kappa shape index (κ2) is 7.97. The lowest BCUT2D eigenvalue weighted by Crippen LogP contribution is -2.48. The lowest BCUT2D eigenvalue weighted by Gasteiger charge is -2.55. The van der Waals surface area contributed by atoms with Crippen molar-refractivity contribution in [3.8, 4) is 0 Å². The molecule has 0 bridgehead atoms. The molecule has 0 saturated heterocycles. The van der Waals surface area contributed by atoms with Gasteiger partial charge in [0.25, 0.3) is 0 Å². The third-order valence-electron chi connectivity index (χ3n) is 9.97. The second-order valence-corrected chi connectivity index (χ2v) is 12.5. The van der Waals surface area contributed by atoms with E-state index in [2.05, 4.69) is 26.8 Å². The Balaban J connectivity index is 1.46. The van der Waals surface area contributed by atoms with E-state index in [1.165, 1.54) is 38.5 Å². The minimum atomic E-state index is -0.518. The maximum absolute atomic E-state index is 10.3. The van der Waals surface area contributed by atoms with Gasteiger partial charge in [0.1, 0.15) is 0 Å². The van der Waals surface area contributed by atoms with Crippen LogP contribution in [-0.4, -0.2) is 21.9 Å². The van der Waals surface area contributed by atoms with E-state index in [9.17, 15) is 10.2 Å². The van der Waals surface area contributed by atoms with E-state index in [-0.39, 0.29) is 6.10 Å². The molecular formula is C27H46O2. The summed E-state index contributed by atoms with van der Waals surface area (Å²) >= 11 is 0. The van der Waals surface area contributed by atoms with Crippen molar-refractivity contribution in [3.05, 3.63) is 11.6 Å². The normalized spacial score (nSPS) is 45.8. The van der Waals surface area contributed by atoms with Crippen LogP contribution in [-0.2, 0) is 0 Å². The third-order valence-corrected chi connectivity index (χ3v) is 9.97. The summed E-state index contributed by atoms with van der Waals surface area (Å²) in [7, 11) is 0. The van der Waals surface area contributed by atoms with Crippen molar-refractivity contribution >= 4 is 0 Å². The molecule has 4 aliphatic carbocycles. The summed E-state index contributed by atoms with van der Waals surface area (Å²) in [5.74, 6) is 5.71. The first-order valence-electron chi connectivity index (χ1n) is 12.7. The fraction of sp³-hybridized carbons (Fsp3) is 0.926. The number of hydrogen-bond acceptors (Lipinski definition) is 2. The number of fused-ring (bicyclic) bond motifs is 5. The van der Waals surface area contributed by atoms with Gasteiger partial charge in [0.15, 0.2) is 0 Å². The van der Waals surface area contributed by atoms with Gasteiger partial charge in [-0.15, -0.1) is 0 Å². The summed E-state index contributed by atoms with van der Waals surface area (Å²) in [5, 5.41) is 20.3. The number of aliphatic hydroxyl groups excluding tert-OH is 1. The van der Waals surface area contributed by atoms with Crippen LogP contribution in [0.4, 0.5) is 0 Å². The number of rotatable bonds is 5. The quantitative estimate of drug-likeness (QED) is 0.525. The first-order valence-corrected chi connectivity index (χ1v) is 12.7. The van der Waals surface area contributed by atoms with Crippen LogP contribution in [0.5, 0.6) is 0 Å². The molecule has 3 fully saturated rings. The van der Waals surface area contributed by atoms with Crippen LogP contribution in [0.1, 0.15) is 98.8 Å². The predicted molar refractivity (Wildman–Crippen MR) is 120 cm³/mol. The molecule has 0 heterocycles. The first kappa shape index (κ1) is 21.9. The molecule has 0 amide bonds. The fourth-order valence-corrected chi connectivity index (χ4v) is 8.77. The van der Waals surface area contributed by atoms with Gasteiger partial charge in [0.05, 0.1) is 11.7 Å². The van der Waals surface area contributed by atoms with Crippen molar-refractivity contribution in [2.24, 2.45) is 46.8 Å². The van der Waals surface area contributed by atoms with Gasteiger partial charge in [0, 0.05) is 0 Å². The van der Waals surface area contributed by atoms with Crippen molar-refractivity contribution < 1.29 is 10.2 Å². The summed E-state index contributed by atoms with van der Waals surface area (Å²) in [6, 6.07) is 0. The minimum absolute atomic E-state index is 0.0986. The highest BCUT2D eigenvalue weighted by Gasteiger charge is 2.57. The molecule has 4 rings (SSSR count). The SMILES string of the molecule is C[C@@H]1C[C@H](O)CC2=CCC3C(CC[C@@]4(C)C3CCC4[C@H](C)CCCC(C)(C)O)C21. The van der Waals surface area contributed by atoms with Crippen LogP contribution >= 0.6 is 0 Å². The average Bonchev–Trinajstić information content (AvgIpc) is 2.97. The van der Waals surface area contributed by atoms with Gasteiger partial charge in [-0.05, 0) is 112 Å². The minimum Gasteiger partial charge on any atom is -0.393 e. The molecule has 0 aromatic heterocycles. The van der Waals surface area contributed by atoms with E-state index >= 15 is 0 Å². The van der Waals surface area contributed by atoms with Gasteiger partial charge in [-0.3, -0.25) is 0 Å². The van der Waals surface area contributed by atoms with Crippen molar-refractivity contribution in [3.63, 3.8) is 0 Å². The summed E-state index contributed by atoms with van der Waals surface area (Å²) < 4.78 is 0. The average molecular weight is 403 g/mol. The van der Waals surface area contributed by atoms with E-state index < -0.39 is 5.60 Å². The molecule has 0 aliphatic heterocycles. The Morgan fingerprint density at radius 3 is 2.69 bits per heavy atom. The van der Waals surface area contributed by atoms with Crippen LogP contribution in [0.2, 0.25) is 0 Å². The van der Waals surface area contributed by atoms with Crippen LogP contribution in [0.15, 0.2) is 11.6 Å². The molecule has 9 atom stereocenters. The molecule has 0 aromatic carbocycles. The fourth-order valence-electron chi connectivity index (χ4n) is 8.77. The predicted octanol–water partition coefficient (Wildman–Crippen LogP) is 6.36. The second-order valence-electron chi connectivity index (χ2n) is 12.5. The van der Waals surface area contributed by atoms with Gasteiger partial charge in [-0.2, -0.15) is 0 Å². The van der Waals surface area contributed by atoms with Gasteiger partial charge in [-0.25, -0.2) is 0 Å². The lowest BCUT2D eigenvalue weighted by molar-refractivity contribution is -0.0406. The van der Waals surface area contributed by atoms with E-state index in [0.717, 1.165) is 61.2 Å². The Bertz CT molecular complexity index is 617. The van der Waals surface area contributed by atoms with E-state index in [4.69, 9.17) is 0 Å². The smallest absolute Gasteiger partial charge is 0.0591 e. The van der Waals surface area contributed by atoms with E-state index in [1.54, 1.807) is 5.57 Å². The highest BCUT2D eigenvalue weighted by molar-refractivity contribution is 5.21. The molecule has 3 saturated carbocycles. The molecule has 29 heavy (non-hydrogen) atoms. The van der Waals surface area contributed by atoms with Gasteiger partial charge < -0.3 is 10.2 Å². The van der Waals surface area contributed by atoms with Gasteiger partial charge >= 0.3 is 0 Å². The Hall–Kier alpha value is -0.340. The topological polar surface area (TPSA) is 40.5 Å². The standard InChI is InChI=1S/C27H46O2/c1-17(7-6-13-26(3,4)29)23-10-11-24-21-9-8-19-16-20(28)15-18(2)25(19)22(21)12-14-27(23,24)5/h8,17-18,20-25,28-29H,6-7,9-16H2,1-5H3/t17-,18-,20+,21?,22?,23?,24?,25?,27-/m1/s1. The lowest BCUT2D eigenvalue weighted by atomic mass is 9.50. The molecule has 4 aliphatic rings. The number of allylic oxidation sites excluding steroid dienone is 1. The molecule has 166 valence electrons. The van der Waals surface area contributed by atoms with Crippen molar-refractivity contribution in [2.75, 3.05) is 0 Å². The van der Waals surface area contributed by atoms with E-state index in [0.29, 0.717) is 11.3 Å². The maximum atomic E-state index is 10.3. The van der Waals surface area contributed by atoms with Crippen LogP contribution in [0.3, 0.4) is 0 Å². The zero-order valence-corrected chi connectivity index (χ0v) is 19.7. The Morgan fingerprint density at radius 1 is 1.21 bits per heavy atom. The molecule has 0 radical (unpaired) electrons. The molecule has 2 nitrogen and oxygen atoms in total. The third kappa shape index (κ3) is 4.10. The number of aliphatic hydroxyl groups is 2. The van der Waals surface area contributed by atoms with Crippen LogP contribution in [0, 0.1) is 46.8 Å². The monoisotopic (exact) mass is 402 g/mol. The van der Waals surface area contributed by atoms with Crippen molar-refractivity contribution in [1.82, 2.24) is 0 Å². The highest BCUT2D eigenvalue weighted by atomic mass is 16.3. The first-order chi connectivity index (χ1) is 13.6. The van der Waals surface area contributed by atoms with Crippen LogP contribution in [0.25, 0.3) is 0 Å². The van der Waals surface area contributed by atoms with Gasteiger partial charge in [0.2, 0.25) is 0 Å². The van der Waals surface area contributed by atoms with Gasteiger partial charge in [-0.1, -0.05) is 45.3 Å². The Labute approximate surface area is 179 Å². The summed E-state index contributed by atoms with van der Waals surface area (Å²) in [5.41, 5.74) is 1.62. The zero-order valence-electron chi connectivity index (χ0n) is 19.7. The number of hydrogen-bond donors (Lipinski definition) is 2.